The average Bonchev–Trinajstić information content (AvgIpc) is 3.27. The van der Waals surface area contributed by atoms with Crippen LogP contribution in [-0.2, 0) is 17.3 Å². The number of nitrogen functional groups attached to an aromatic ring is 1. The van der Waals surface area contributed by atoms with Crippen molar-refractivity contribution in [1.29, 1.82) is 5.41 Å². The number of anilines is 3. The molecule has 10 heteroatoms. The highest BCUT2D eigenvalue weighted by Crippen LogP contribution is 2.23. The first-order valence-electron chi connectivity index (χ1n) is 13.4. The van der Waals surface area contributed by atoms with E-state index in [2.05, 4.69) is 76.3 Å². The van der Waals surface area contributed by atoms with Gasteiger partial charge in [-0.05, 0) is 69.9 Å². The molecular formula is C30H41N9O. The molecule has 1 saturated heterocycles. The van der Waals surface area contributed by atoms with Gasteiger partial charge >= 0.3 is 0 Å². The molecule has 0 atom stereocenters. The number of aryl methyl sites for hydroxylation is 3. The lowest BCUT2D eigenvalue weighted by atomic mass is 9.92. The van der Waals surface area contributed by atoms with Gasteiger partial charge < -0.3 is 21.3 Å². The molecule has 0 spiro atoms. The van der Waals surface area contributed by atoms with Gasteiger partial charge in [-0.2, -0.15) is 5.10 Å². The van der Waals surface area contributed by atoms with Gasteiger partial charge in [-0.3, -0.25) is 14.9 Å². The molecule has 0 aliphatic carbocycles. The lowest BCUT2D eigenvalue weighted by Gasteiger charge is -2.30. The van der Waals surface area contributed by atoms with Crippen LogP contribution in [0.25, 0.3) is 0 Å². The number of carbonyl (C=O) groups is 1. The van der Waals surface area contributed by atoms with Crippen LogP contribution in [0.3, 0.4) is 0 Å². The highest BCUT2D eigenvalue weighted by Gasteiger charge is 2.21. The van der Waals surface area contributed by atoms with Crippen LogP contribution in [0.5, 0.6) is 0 Å². The van der Waals surface area contributed by atoms with Gasteiger partial charge in [-0.1, -0.05) is 38.8 Å². The molecule has 10 nitrogen and oxygen atoms in total. The van der Waals surface area contributed by atoms with E-state index in [1.807, 2.05) is 32.0 Å². The summed E-state index contributed by atoms with van der Waals surface area (Å²) in [6.45, 7) is 12.4. The summed E-state index contributed by atoms with van der Waals surface area (Å²) in [6, 6.07) is 8.31. The zero-order chi connectivity index (χ0) is 29.4. The van der Waals surface area contributed by atoms with Crippen molar-refractivity contribution in [1.82, 2.24) is 24.6 Å². The normalized spacial score (nSPS) is 13.9. The fourth-order valence-corrected chi connectivity index (χ4v) is 4.19. The van der Waals surface area contributed by atoms with Crippen molar-refractivity contribution in [2.45, 2.75) is 58.9 Å². The summed E-state index contributed by atoms with van der Waals surface area (Å²) in [7, 11) is 3.93. The second-order valence-corrected chi connectivity index (χ2v) is 11.2. The number of benzene rings is 1. The molecule has 2 aromatic heterocycles. The Morgan fingerprint density at radius 3 is 2.48 bits per heavy atom. The lowest BCUT2D eigenvalue weighted by molar-refractivity contribution is -0.105. The van der Waals surface area contributed by atoms with Gasteiger partial charge in [0.25, 0.3) is 0 Å². The quantitative estimate of drug-likeness (QED) is 0.218. The Kier molecular flexibility index (Phi) is 10.0. The van der Waals surface area contributed by atoms with Crippen LogP contribution in [0, 0.1) is 31.1 Å². The van der Waals surface area contributed by atoms with E-state index in [0.29, 0.717) is 23.8 Å². The van der Waals surface area contributed by atoms with Gasteiger partial charge in [0.15, 0.2) is 0 Å². The first-order valence-corrected chi connectivity index (χ1v) is 13.4. The summed E-state index contributed by atoms with van der Waals surface area (Å²) >= 11 is 0. The third-order valence-corrected chi connectivity index (χ3v) is 6.76. The number of hydrogen-bond donors (Lipinski definition) is 4. The zero-order valence-electron chi connectivity index (χ0n) is 24.6. The van der Waals surface area contributed by atoms with Crippen LogP contribution in [-0.4, -0.2) is 62.9 Å². The second kappa shape index (κ2) is 13.2. The molecule has 1 aliphatic rings. The van der Waals surface area contributed by atoms with Crippen LogP contribution in [0.4, 0.5) is 17.5 Å². The Bertz CT molecular complexity index is 1400. The Morgan fingerprint density at radius 2 is 1.85 bits per heavy atom. The fraction of sp³-hybridized carbons (Fsp3) is 0.433. The van der Waals surface area contributed by atoms with E-state index in [4.69, 9.17) is 11.1 Å². The summed E-state index contributed by atoms with van der Waals surface area (Å²) in [6.07, 6.45) is 4.15. The number of carbonyl (C=O) groups excluding carboxylic acids is 1. The van der Waals surface area contributed by atoms with E-state index in [9.17, 15) is 4.79 Å². The molecule has 0 bridgehead atoms. The number of rotatable bonds is 5. The van der Waals surface area contributed by atoms with Gasteiger partial charge in [0, 0.05) is 30.1 Å². The van der Waals surface area contributed by atoms with Crippen LogP contribution in [0.15, 0.2) is 30.6 Å². The molecule has 0 saturated carbocycles. The van der Waals surface area contributed by atoms with Gasteiger partial charge in [0.05, 0.1) is 11.3 Å². The molecular weight excluding hydrogens is 502 g/mol. The maximum atomic E-state index is 10.2. The molecule has 4 rings (SSSR count). The zero-order valence-corrected chi connectivity index (χ0v) is 24.6. The standard InChI is InChI=1S/C21H26N6.C9H15N3O/c1-14-4-5-15(2)16(12-14)6-7-18(22)19-20(23)24-13-25-21(19)26-17-8-10-27(3)11-9-17;1-9(2,3)7-5-8(10-6-13)12(4)11-7/h4-5,12-13,17,22H,8-11H2,1-3H3,(H3,23,24,25,26);5-6H,1-4H3,(H,10,13). The number of amides is 1. The Morgan fingerprint density at radius 1 is 1.15 bits per heavy atom. The van der Waals surface area contributed by atoms with Crippen molar-refractivity contribution in [3.05, 3.63) is 58.5 Å². The predicted octanol–water partition coefficient (Wildman–Crippen LogP) is 3.89. The third-order valence-electron chi connectivity index (χ3n) is 6.76. The van der Waals surface area contributed by atoms with Crippen molar-refractivity contribution in [2.24, 2.45) is 7.05 Å². The van der Waals surface area contributed by atoms with E-state index in [0.717, 1.165) is 54.1 Å². The molecule has 1 aliphatic heterocycles. The second-order valence-electron chi connectivity index (χ2n) is 11.2. The molecule has 0 radical (unpaired) electrons. The van der Waals surface area contributed by atoms with E-state index >= 15 is 0 Å². The van der Waals surface area contributed by atoms with Crippen molar-refractivity contribution >= 4 is 29.6 Å². The Balaban J connectivity index is 0.000000285. The van der Waals surface area contributed by atoms with Gasteiger partial charge in [0.1, 0.15) is 29.5 Å². The molecule has 40 heavy (non-hydrogen) atoms. The first-order chi connectivity index (χ1) is 18.9. The Hall–Kier alpha value is -4.23. The number of likely N-dealkylation sites (tertiary alicyclic amines) is 1. The summed E-state index contributed by atoms with van der Waals surface area (Å²) in [4.78, 5) is 20.9. The number of aromatic nitrogens is 4. The SMILES string of the molecule is Cc1ccc(C)c(C#CC(=N)c2c(N)ncnc2NC2CCN(C)CC2)c1.Cn1nc(C(C)(C)C)cc1NC=O. The number of hydrogen-bond acceptors (Lipinski definition) is 8. The van der Waals surface area contributed by atoms with Crippen LogP contribution >= 0.6 is 0 Å². The summed E-state index contributed by atoms with van der Waals surface area (Å²) in [5, 5.41) is 18.8. The lowest BCUT2D eigenvalue weighted by Crippen LogP contribution is -2.37. The van der Waals surface area contributed by atoms with Crippen LogP contribution in [0.1, 0.15) is 61.6 Å². The minimum Gasteiger partial charge on any atom is -0.383 e. The third kappa shape index (κ3) is 8.13. The maximum Gasteiger partial charge on any atom is 0.212 e. The highest BCUT2D eigenvalue weighted by molar-refractivity contribution is 6.16. The van der Waals surface area contributed by atoms with Gasteiger partial charge in [-0.15, -0.1) is 0 Å². The number of nitrogens with two attached hydrogens (primary N) is 1. The minimum atomic E-state index is 0.0145. The molecule has 3 heterocycles. The topological polar surface area (TPSA) is 138 Å². The van der Waals surface area contributed by atoms with Crippen molar-refractivity contribution in [3.63, 3.8) is 0 Å². The van der Waals surface area contributed by atoms with E-state index < -0.39 is 0 Å². The van der Waals surface area contributed by atoms with Gasteiger partial charge in [-0.25, -0.2) is 9.97 Å². The van der Waals surface area contributed by atoms with Gasteiger partial charge in [0.2, 0.25) is 6.41 Å². The average molecular weight is 544 g/mol. The number of piperidine rings is 1. The van der Waals surface area contributed by atoms with E-state index in [1.54, 1.807) is 11.7 Å². The molecule has 0 unspecified atom stereocenters. The smallest absolute Gasteiger partial charge is 0.212 e. The van der Waals surface area contributed by atoms with E-state index in [1.165, 1.54) is 6.33 Å². The summed E-state index contributed by atoms with van der Waals surface area (Å²) in [5.74, 6) is 7.62. The Labute approximate surface area is 237 Å². The van der Waals surface area contributed by atoms with Crippen molar-refractivity contribution < 1.29 is 4.79 Å². The molecule has 212 valence electrons. The molecule has 1 amide bonds. The van der Waals surface area contributed by atoms with E-state index in [-0.39, 0.29) is 16.9 Å². The predicted molar refractivity (Wildman–Crippen MR) is 162 cm³/mol. The fourth-order valence-electron chi connectivity index (χ4n) is 4.19. The molecule has 1 fully saturated rings. The highest BCUT2D eigenvalue weighted by atomic mass is 16.1. The van der Waals surface area contributed by atoms with Crippen molar-refractivity contribution in [2.75, 3.05) is 36.5 Å². The molecule has 1 aromatic carbocycles. The summed E-state index contributed by atoms with van der Waals surface area (Å²) < 4.78 is 1.66. The monoisotopic (exact) mass is 543 g/mol. The largest absolute Gasteiger partial charge is 0.383 e. The number of nitrogens with one attached hydrogen (secondary N) is 3. The van der Waals surface area contributed by atoms with Crippen LogP contribution in [0.2, 0.25) is 0 Å². The first kappa shape index (κ1) is 30.3. The maximum absolute atomic E-state index is 10.2. The molecule has 5 N–H and O–H groups in total. The number of nitrogens with zero attached hydrogens (tertiary/aromatic N) is 5. The van der Waals surface area contributed by atoms with Crippen LogP contribution < -0.4 is 16.4 Å². The summed E-state index contributed by atoms with van der Waals surface area (Å²) in [5.41, 5.74) is 10.8. The minimum absolute atomic E-state index is 0.0145. The molecule has 3 aromatic rings. The van der Waals surface area contributed by atoms with Crippen molar-refractivity contribution in [3.8, 4) is 11.8 Å².